The highest BCUT2D eigenvalue weighted by Crippen LogP contribution is 2.84. The van der Waals surface area contributed by atoms with Gasteiger partial charge in [0.15, 0.2) is 5.41 Å². The van der Waals surface area contributed by atoms with Gasteiger partial charge in [-0.1, -0.05) is 20.8 Å². The summed E-state index contributed by atoms with van der Waals surface area (Å²) >= 11 is 0. The molecule has 3 unspecified atom stereocenters. The maximum atomic E-state index is 12.8. The number of rotatable bonds is 1. The number of halogens is 9. The summed E-state index contributed by atoms with van der Waals surface area (Å²) in [6.45, 7) is 1.32. The van der Waals surface area contributed by atoms with Crippen LogP contribution in [0.4, 0.5) is 39.5 Å². The molecule has 0 nitrogen and oxygen atoms in total. The van der Waals surface area contributed by atoms with Gasteiger partial charge in [0, 0.05) is 5.41 Å². The highest BCUT2D eigenvalue weighted by Gasteiger charge is 2.95. The Bertz CT molecular complexity index is 347. The molecule has 0 bridgehead atoms. The third kappa shape index (κ3) is 1.75. The maximum absolute atomic E-state index is 12.8. The van der Waals surface area contributed by atoms with E-state index in [1.807, 2.05) is 0 Å². The molecule has 0 saturated heterocycles. The zero-order valence-electron chi connectivity index (χ0n) is 10.1. The van der Waals surface area contributed by atoms with E-state index in [-0.39, 0.29) is 0 Å². The molecule has 0 aromatic rings. The van der Waals surface area contributed by atoms with Crippen LogP contribution in [0.3, 0.4) is 0 Å². The summed E-state index contributed by atoms with van der Waals surface area (Å²) < 4.78 is 114. The van der Waals surface area contributed by atoms with Crippen LogP contribution in [0.1, 0.15) is 20.8 Å². The van der Waals surface area contributed by atoms with E-state index in [0.717, 1.165) is 0 Å². The van der Waals surface area contributed by atoms with Gasteiger partial charge in [0.05, 0.1) is 5.92 Å². The molecular weight excluding hydrogens is 291 g/mol. The second kappa shape index (κ2) is 3.72. The van der Waals surface area contributed by atoms with Gasteiger partial charge < -0.3 is 0 Å². The molecule has 0 N–H and O–H groups in total. The normalized spacial score (nSPS) is 33.2. The molecule has 0 radical (unpaired) electrons. The van der Waals surface area contributed by atoms with E-state index in [2.05, 4.69) is 0 Å². The highest BCUT2D eigenvalue weighted by atomic mass is 19.4. The van der Waals surface area contributed by atoms with Gasteiger partial charge in [-0.15, -0.1) is 0 Å². The molecule has 1 aliphatic rings. The van der Waals surface area contributed by atoms with Crippen LogP contribution in [0.25, 0.3) is 0 Å². The molecule has 0 amide bonds. The van der Waals surface area contributed by atoms with E-state index in [9.17, 15) is 39.5 Å². The second-order valence-corrected chi connectivity index (χ2v) is 5.07. The molecule has 1 aliphatic carbocycles. The molecule has 114 valence electrons. The van der Waals surface area contributed by atoms with E-state index in [0.29, 0.717) is 20.8 Å². The van der Waals surface area contributed by atoms with Crippen molar-refractivity contribution in [3.05, 3.63) is 0 Å². The van der Waals surface area contributed by atoms with Gasteiger partial charge >= 0.3 is 18.5 Å². The van der Waals surface area contributed by atoms with Crippen molar-refractivity contribution in [1.29, 1.82) is 0 Å². The molecule has 1 rings (SSSR count). The van der Waals surface area contributed by atoms with Crippen LogP contribution in [0.2, 0.25) is 0 Å². The Morgan fingerprint density at radius 2 is 1.16 bits per heavy atom. The summed E-state index contributed by atoms with van der Waals surface area (Å²) in [5.41, 5.74) is -7.25. The molecule has 9 heteroatoms. The van der Waals surface area contributed by atoms with E-state index < -0.39 is 41.2 Å². The summed E-state index contributed by atoms with van der Waals surface area (Å²) in [6.07, 6.45) is -16.7. The third-order valence-corrected chi connectivity index (χ3v) is 4.60. The Hall–Kier alpha value is -0.630. The van der Waals surface area contributed by atoms with Gasteiger partial charge in [-0.2, -0.15) is 39.5 Å². The highest BCUT2D eigenvalue weighted by molar-refractivity contribution is 5.26. The summed E-state index contributed by atoms with van der Waals surface area (Å²) in [5, 5.41) is 0. The standard InChI is InChI=1S/C10H11F9/c1-4-6(3,5(2)8(11,12)13)7(4,9(14,15)16)10(17,18)19/h4-5H,1-3H3. The molecule has 0 aliphatic heterocycles. The SMILES string of the molecule is CC(C(F)(F)F)C1(C)C(C)C1(C(F)(F)F)C(F)(F)F. The smallest absolute Gasteiger partial charge is 0.171 e. The lowest BCUT2D eigenvalue weighted by molar-refractivity contribution is -0.323. The zero-order chi connectivity index (χ0) is 15.7. The largest absolute Gasteiger partial charge is 0.404 e. The lowest BCUT2D eigenvalue weighted by Crippen LogP contribution is -2.46. The van der Waals surface area contributed by atoms with E-state index >= 15 is 0 Å². The van der Waals surface area contributed by atoms with E-state index in [1.165, 1.54) is 0 Å². The van der Waals surface area contributed by atoms with Crippen molar-refractivity contribution in [3.63, 3.8) is 0 Å². The first-order valence-corrected chi connectivity index (χ1v) is 5.26. The number of hydrogen-bond donors (Lipinski definition) is 0. The van der Waals surface area contributed by atoms with Crippen LogP contribution in [-0.2, 0) is 0 Å². The van der Waals surface area contributed by atoms with Crippen LogP contribution < -0.4 is 0 Å². The summed E-state index contributed by atoms with van der Waals surface area (Å²) in [5.74, 6) is -4.89. The summed E-state index contributed by atoms with van der Waals surface area (Å²) in [6, 6.07) is 0. The van der Waals surface area contributed by atoms with Crippen LogP contribution in [0, 0.1) is 22.7 Å². The third-order valence-electron chi connectivity index (χ3n) is 4.60. The second-order valence-electron chi connectivity index (χ2n) is 5.07. The van der Waals surface area contributed by atoms with E-state index in [4.69, 9.17) is 0 Å². The minimum atomic E-state index is -5.78. The first-order chi connectivity index (χ1) is 8.06. The van der Waals surface area contributed by atoms with Gasteiger partial charge in [0.1, 0.15) is 0 Å². The van der Waals surface area contributed by atoms with Gasteiger partial charge in [0.2, 0.25) is 0 Å². The average molecular weight is 302 g/mol. The molecular formula is C10H11F9. The number of hydrogen-bond acceptors (Lipinski definition) is 0. The Balaban J connectivity index is 3.42. The Labute approximate surface area is 103 Å². The van der Waals surface area contributed by atoms with Crippen LogP contribution >= 0.6 is 0 Å². The zero-order valence-corrected chi connectivity index (χ0v) is 10.1. The van der Waals surface area contributed by atoms with Gasteiger partial charge in [-0.05, 0) is 5.92 Å². The Kier molecular flexibility index (Phi) is 3.22. The predicted molar refractivity (Wildman–Crippen MR) is 47.0 cm³/mol. The quantitative estimate of drug-likeness (QED) is 0.601. The molecule has 1 fully saturated rings. The lowest BCUT2D eigenvalue weighted by atomic mass is 9.82. The molecule has 19 heavy (non-hydrogen) atoms. The Morgan fingerprint density at radius 3 is 1.32 bits per heavy atom. The van der Waals surface area contributed by atoms with Gasteiger partial charge in [-0.3, -0.25) is 0 Å². The lowest BCUT2D eigenvalue weighted by Gasteiger charge is -2.31. The number of alkyl halides is 9. The van der Waals surface area contributed by atoms with Crippen molar-refractivity contribution in [3.8, 4) is 0 Å². The average Bonchev–Trinajstić information content (AvgIpc) is 2.61. The monoisotopic (exact) mass is 302 g/mol. The minimum absolute atomic E-state index is 0.357. The van der Waals surface area contributed by atoms with Gasteiger partial charge in [0.25, 0.3) is 0 Å². The summed E-state index contributed by atoms with van der Waals surface area (Å²) in [4.78, 5) is 0. The molecule has 1 saturated carbocycles. The molecule has 0 spiro atoms. The fourth-order valence-corrected chi connectivity index (χ4v) is 3.19. The van der Waals surface area contributed by atoms with Crippen molar-refractivity contribution >= 4 is 0 Å². The Morgan fingerprint density at radius 1 is 0.842 bits per heavy atom. The van der Waals surface area contributed by atoms with E-state index in [1.54, 1.807) is 0 Å². The molecule has 0 aromatic carbocycles. The van der Waals surface area contributed by atoms with Crippen LogP contribution in [0.5, 0.6) is 0 Å². The predicted octanol–water partition coefficient (Wildman–Crippen LogP) is 4.95. The van der Waals surface area contributed by atoms with Gasteiger partial charge in [-0.25, -0.2) is 0 Å². The topological polar surface area (TPSA) is 0 Å². The summed E-state index contributed by atoms with van der Waals surface area (Å²) in [7, 11) is 0. The van der Waals surface area contributed by atoms with Crippen molar-refractivity contribution in [2.24, 2.45) is 22.7 Å². The van der Waals surface area contributed by atoms with Crippen LogP contribution in [-0.4, -0.2) is 18.5 Å². The van der Waals surface area contributed by atoms with Crippen molar-refractivity contribution in [1.82, 2.24) is 0 Å². The van der Waals surface area contributed by atoms with Crippen molar-refractivity contribution in [2.75, 3.05) is 0 Å². The first-order valence-electron chi connectivity index (χ1n) is 5.26. The first kappa shape index (κ1) is 16.4. The molecule has 0 aromatic heterocycles. The van der Waals surface area contributed by atoms with Crippen LogP contribution in [0.15, 0.2) is 0 Å². The van der Waals surface area contributed by atoms with Crippen molar-refractivity contribution < 1.29 is 39.5 Å². The van der Waals surface area contributed by atoms with Crippen molar-refractivity contribution in [2.45, 2.75) is 39.3 Å². The molecule has 3 atom stereocenters. The maximum Gasteiger partial charge on any atom is 0.404 e. The fraction of sp³-hybridized carbons (Fsp3) is 1.00. The molecule has 0 heterocycles. The fourth-order valence-electron chi connectivity index (χ4n) is 3.19. The minimum Gasteiger partial charge on any atom is -0.171 e.